The van der Waals surface area contributed by atoms with E-state index in [4.69, 9.17) is 10.7 Å². The minimum absolute atomic E-state index is 0.0277. The second kappa shape index (κ2) is 6.15. The van der Waals surface area contributed by atoms with Crippen LogP contribution in [0.2, 0.25) is 0 Å². The third-order valence-corrected chi connectivity index (χ3v) is 5.63. The first-order valence-corrected chi connectivity index (χ1v) is 9.65. The van der Waals surface area contributed by atoms with Crippen molar-refractivity contribution in [1.29, 1.82) is 0 Å². The fourth-order valence-electron chi connectivity index (χ4n) is 4.21. The van der Waals surface area contributed by atoms with E-state index in [-0.39, 0.29) is 6.04 Å². The van der Waals surface area contributed by atoms with Crippen LogP contribution in [0, 0.1) is 0 Å². The third kappa shape index (κ3) is 2.59. The van der Waals surface area contributed by atoms with Crippen LogP contribution in [0.15, 0.2) is 61.2 Å². The minimum atomic E-state index is -0.0277. The van der Waals surface area contributed by atoms with Crippen LogP contribution in [-0.4, -0.2) is 31.1 Å². The quantitative estimate of drug-likeness (QED) is 0.408. The van der Waals surface area contributed by atoms with E-state index in [2.05, 4.69) is 50.8 Å². The molecule has 29 heavy (non-hydrogen) atoms. The molecule has 0 amide bonds. The molecule has 7 nitrogen and oxygen atoms in total. The molecule has 0 aliphatic carbocycles. The summed E-state index contributed by atoms with van der Waals surface area (Å²) in [5.74, 6) is 0. The normalized spacial score (nSPS) is 16.3. The molecule has 5 aromatic rings. The maximum absolute atomic E-state index is 6.02. The molecular weight excluding hydrogens is 362 g/mol. The van der Waals surface area contributed by atoms with Gasteiger partial charge in [-0.3, -0.25) is 5.10 Å². The zero-order valence-corrected chi connectivity index (χ0v) is 15.6. The summed E-state index contributed by atoms with van der Waals surface area (Å²) in [5.41, 5.74) is 14.0. The van der Waals surface area contributed by atoms with Crippen molar-refractivity contribution in [3.63, 3.8) is 0 Å². The molecule has 0 spiro atoms. The number of hydrogen-bond donors (Lipinski definition) is 3. The highest BCUT2D eigenvalue weighted by atomic mass is 15.1. The zero-order valence-electron chi connectivity index (χ0n) is 15.6. The van der Waals surface area contributed by atoms with Gasteiger partial charge in [-0.1, -0.05) is 18.2 Å². The molecule has 1 aliphatic rings. The topological polar surface area (TPSA) is 96.9 Å². The number of rotatable bonds is 2. The van der Waals surface area contributed by atoms with Gasteiger partial charge in [0, 0.05) is 41.8 Å². The van der Waals surface area contributed by atoms with Gasteiger partial charge < -0.3 is 15.5 Å². The number of anilines is 1. The first-order valence-electron chi connectivity index (χ1n) is 9.65. The van der Waals surface area contributed by atoms with Crippen LogP contribution in [0.3, 0.4) is 0 Å². The molecule has 0 fully saturated rings. The van der Waals surface area contributed by atoms with E-state index in [1.54, 1.807) is 0 Å². The van der Waals surface area contributed by atoms with Gasteiger partial charge in [-0.2, -0.15) is 5.10 Å². The lowest BCUT2D eigenvalue weighted by atomic mass is 9.92. The molecule has 6 rings (SSSR count). The first-order chi connectivity index (χ1) is 14.3. The number of nitrogens with zero attached hydrogens (tertiary/aromatic N) is 4. The van der Waals surface area contributed by atoms with Crippen LogP contribution >= 0.6 is 0 Å². The average molecular weight is 381 g/mol. The van der Waals surface area contributed by atoms with Crippen LogP contribution in [0.25, 0.3) is 27.8 Å². The van der Waals surface area contributed by atoms with E-state index < -0.39 is 0 Å². The number of nitrogen functional groups attached to an aromatic ring is 1. The fraction of sp³-hybridized carbons (Fsp3) is 0.136. The van der Waals surface area contributed by atoms with E-state index in [0.29, 0.717) is 0 Å². The van der Waals surface area contributed by atoms with E-state index in [0.717, 1.165) is 52.2 Å². The molecule has 2 aromatic carbocycles. The SMILES string of the molecule is Nc1ccc2c(c1)CCNC2c1nc(-c2ccc3cn[nH]c3c2)cn2ccnc12. The van der Waals surface area contributed by atoms with Crippen molar-refractivity contribution in [1.82, 2.24) is 29.9 Å². The largest absolute Gasteiger partial charge is 0.399 e. The summed E-state index contributed by atoms with van der Waals surface area (Å²) in [5, 5.41) is 11.9. The van der Waals surface area contributed by atoms with E-state index in [1.165, 1.54) is 11.1 Å². The number of fused-ring (bicyclic) bond motifs is 3. The monoisotopic (exact) mass is 381 g/mol. The van der Waals surface area contributed by atoms with Crippen molar-refractivity contribution < 1.29 is 0 Å². The smallest absolute Gasteiger partial charge is 0.160 e. The maximum Gasteiger partial charge on any atom is 0.160 e. The van der Waals surface area contributed by atoms with E-state index in [9.17, 15) is 0 Å². The predicted octanol–water partition coefficient (Wildman–Crippen LogP) is 3.09. The van der Waals surface area contributed by atoms with Crippen LogP contribution in [0.1, 0.15) is 22.9 Å². The van der Waals surface area contributed by atoms with Crippen LogP contribution in [0.4, 0.5) is 5.69 Å². The molecule has 0 radical (unpaired) electrons. The van der Waals surface area contributed by atoms with Gasteiger partial charge in [0.1, 0.15) is 5.69 Å². The lowest BCUT2D eigenvalue weighted by molar-refractivity contribution is 0.558. The molecule has 4 N–H and O–H groups in total. The number of hydrogen-bond acceptors (Lipinski definition) is 5. The number of aromatic nitrogens is 5. The lowest BCUT2D eigenvalue weighted by Crippen LogP contribution is -2.31. The summed E-state index contributed by atoms with van der Waals surface area (Å²) in [6.07, 6.45) is 8.58. The van der Waals surface area contributed by atoms with E-state index >= 15 is 0 Å². The molecule has 0 saturated carbocycles. The highest BCUT2D eigenvalue weighted by Crippen LogP contribution is 2.32. The number of benzene rings is 2. The van der Waals surface area contributed by atoms with Gasteiger partial charge in [-0.25, -0.2) is 9.97 Å². The molecule has 142 valence electrons. The molecule has 3 aromatic heterocycles. The van der Waals surface area contributed by atoms with Gasteiger partial charge in [0.25, 0.3) is 0 Å². The fourth-order valence-corrected chi connectivity index (χ4v) is 4.21. The summed E-state index contributed by atoms with van der Waals surface area (Å²) in [6.45, 7) is 0.875. The van der Waals surface area contributed by atoms with Gasteiger partial charge in [-0.05, 0) is 35.7 Å². The van der Waals surface area contributed by atoms with Crippen molar-refractivity contribution in [3.8, 4) is 11.3 Å². The van der Waals surface area contributed by atoms with Gasteiger partial charge in [-0.15, -0.1) is 0 Å². The van der Waals surface area contributed by atoms with Gasteiger partial charge in [0.15, 0.2) is 5.65 Å². The van der Waals surface area contributed by atoms with Crippen LogP contribution in [-0.2, 0) is 6.42 Å². The Kier molecular flexibility index (Phi) is 3.45. The molecule has 1 atom stereocenters. The summed E-state index contributed by atoms with van der Waals surface area (Å²) >= 11 is 0. The van der Waals surface area contributed by atoms with E-state index in [1.807, 2.05) is 35.3 Å². The Labute approximate surface area is 166 Å². The first kappa shape index (κ1) is 16.3. The van der Waals surface area contributed by atoms with Crippen molar-refractivity contribution in [2.75, 3.05) is 12.3 Å². The second-order valence-electron chi connectivity index (χ2n) is 7.44. The highest BCUT2D eigenvalue weighted by molar-refractivity contribution is 5.83. The molecule has 4 heterocycles. The maximum atomic E-state index is 6.02. The average Bonchev–Trinajstić information content (AvgIpc) is 3.41. The van der Waals surface area contributed by atoms with Gasteiger partial charge in [0.2, 0.25) is 0 Å². The van der Waals surface area contributed by atoms with Crippen molar-refractivity contribution in [2.45, 2.75) is 12.5 Å². The Morgan fingerprint density at radius 1 is 1.14 bits per heavy atom. The summed E-state index contributed by atoms with van der Waals surface area (Å²) in [6, 6.07) is 12.3. The molecule has 1 unspecified atom stereocenters. The van der Waals surface area contributed by atoms with Crippen molar-refractivity contribution in [2.24, 2.45) is 0 Å². The van der Waals surface area contributed by atoms with Crippen LogP contribution in [0.5, 0.6) is 0 Å². The Morgan fingerprint density at radius 2 is 2.10 bits per heavy atom. The molecular formula is C22H19N7. The van der Waals surface area contributed by atoms with Crippen molar-refractivity contribution >= 4 is 22.2 Å². The molecule has 7 heteroatoms. The third-order valence-electron chi connectivity index (χ3n) is 5.63. The lowest BCUT2D eigenvalue weighted by Gasteiger charge is -2.27. The predicted molar refractivity (Wildman–Crippen MR) is 112 cm³/mol. The zero-order chi connectivity index (χ0) is 19.4. The summed E-state index contributed by atoms with van der Waals surface area (Å²) < 4.78 is 2.04. The standard InChI is InChI=1S/C22H19N7/c23-16-3-4-17-13(9-16)5-6-24-20(17)21-22-25-7-8-29(22)12-19(27-21)14-1-2-15-11-26-28-18(15)10-14/h1-4,7-12,20,24H,5-6,23H2,(H,26,28). The van der Waals surface area contributed by atoms with Crippen LogP contribution < -0.4 is 11.1 Å². The molecule has 1 aliphatic heterocycles. The molecule has 0 saturated heterocycles. The molecule has 0 bridgehead atoms. The minimum Gasteiger partial charge on any atom is -0.399 e. The number of aromatic amines is 1. The van der Waals surface area contributed by atoms with Crippen molar-refractivity contribution in [3.05, 3.63) is 78.0 Å². The van der Waals surface area contributed by atoms with Gasteiger partial charge >= 0.3 is 0 Å². The number of H-pyrrole nitrogens is 1. The number of nitrogens with two attached hydrogens (primary N) is 1. The summed E-state index contributed by atoms with van der Waals surface area (Å²) in [4.78, 5) is 9.65. The second-order valence-corrected chi connectivity index (χ2v) is 7.44. The van der Waals surface area contributed by atoms with Gasteiger partial charge in [0.05, 0.1) is 23.4 Å². The Morgan fingerprint density at radius 3 is 3.07 bits per heavy atom. The Hall–Kier alpha value is -3.71. The summed E-state index contributed by atoms with van der Waals surface area (Å²) in [7, 11) is 0. The Balaban J connectivity index is 1.55. The number of imidazole rings is 1. The number of nitrogens with one attached hydrogen (secondary N) is 2. The Bertz CT molecular complexity index is 1360. The highest BCUT2D eigenvalue weighted by Gasteiger charge is 2.26.